The molecule has 0 radical (unpaired) electrons. The lowest BCUT2D eigenvalue weighted by Crippen LogP contribution is -2.36. The molecular weight excluding hydrogens is 250 g/mol. The Hall–Kier alpha value is -1.76. The molecule has 0 aliphatic rings. The topological polar surface area (TPSA) is 84.1 Å². The highest BCUT2D eigenvalue weighted by molar-refractivity contribution is 7.80. The number of aromatic nitrogens is 2. The van der Waals surface area contributed by atoms with E-state index in [1.165, 1.54) is 12.4 Å². The van der Waals surface area contributed by atoms with Gasteiger partial charge in [-0.25, -0.2) is 9.97 Å². The molecule has 6 nitrogen and oxygen atoms in total. The van der Waals surface area contributed by atoms with Crippen LogP contribution in [-0.4, -0.2) is 41.0 Å². The maximum absolute atomic E-state index is 11.6. The van der Waals surface area contributed by atoms with Crippen LogP contribution in [0.4, 0.5) is 5.82 Å². The number of anilines is 1. The van der Waals surface area contributed by atoms with E-state index >= 15 is 0 Å². The van der Waals surface area contributed by atoms with E-state index in [0.717, 1.165) is 6.42 Å². The summed E-state index contributed by atoms with van der Waals surface area (Å²) in [5.74, 6) is 0.440. The van der Waals surface area contributed by atoms with Crippen LogP contribution in [0, 0.1) is 0 Å². The SMILES string of the molecule is CCCNC(=O)CN(C)c1nccnc1C(N)=S. The number of nitrogens with two attached hydrogens (primary N) is 1. The van der Waals surface area contributed by atoms with Crippen molar-refractivity contribution in [1.29, 1.82) is 0 Å². The lowest BCUT2D eigenvalue weighted by molar-refractivity contribution is -0.119. The molecule has 0 aromatic carbocycles. The van der Waals surface area contributed by atoms with Crippen LogP contribution in [0.5, 0.6) is 0 Å². The summed E-state index contributed by atoms with van der Waals surface area (Å²) in [7, 11) is 1.75. The zero-order valence-electron chi connectivity index (χ0n) is 10.5. The number of hydrogen-bond donors (Lipinski definition) is 2. The Balaban J connectivity index is 2.75. The Bertz CT molecular complexity index is 437. The van der Waals surface area contributed by atoms with Crippen LogP contribution < -0.4 is 16.0 Å². The van der Waals surface area contributed by atoms with Crippen LogP contribution in [0.3, 0.4) is 0 Å². The molecule has 0 aliphatic carbocycles. The fraction of sp³-hybridized carbons (Fsp3) is 0.455. The van der Waals surface area contributed by atoms with Gasteiger partial charge in [0.05, 0.1) is 6.54 Å². The van der Waals surface area contributed by atoms with E-state index in [1.807, 2.05) is 6.92 Å². The van der Waals surface area contributed by atoms with Crippen LogP contribution in [0.1, 0.15) is 19.0 Å². The van der Waals surface area contributed by atoms with Crippen LogP contribution >= 0.6 is 12.2 Å². The highest BCUT2D eigenvalue weighted by Crippen LogP contribution is 2.12. The highest BCUT2D eigenvalue weighted by atomic mass is 32.1. The first kappa shape index (κ1) is 14.3. The van der Waals surface area contributed by atoms with Crippen molar-refractivity contribution in [2.75, 3.05) is 25.0 Å². The minimum atomic E-state index is -0.0705. The minimum Gasteiger partial charge on any atom is -0.388 e. The van der Waals surface area contributed by atoms with Crippen molar-refractivity contribution in [3.8, 4) is 0 Å². The summed E-state index contributed by atoms with van der Waals surface area (Å²) in [6, 6.07) is 0. The third-order valence-corrected chi connectivity index (χ3v) is 2.42. The summed E-state index contributed by atoms with van der Waals surface area (Å²) in [5.41, 5.74) is 5.99. The van der Waals surface area contributed by atoms with Crippen molar-refractivity contribution in [3.05, 3.63) is 18.1 Å². The van der Waals surface area contributed by atoms with Gasteiger partial charge in [0.1, 0.15) is 10.7 Å². The maximum atomic E-state index is 11.6. The molecule has 0 unspecified atom stereocenters. The number of likely N-dealkylation sites (N-methyl/N-ethyl adjacent to an activating group) is 1. The molecule has 3 N–H and O–H groups in total. The van der Waals surface area contributed by atoms with E-state index in [9.17, 15) is 4.79 Å². The Morgan fingerprint density at radius 1 is 1.50 bits per heavy atom. The third-order valence-electron chi connectivity index (χ3n) is 2.23. The summed E-state index contributed by atoms with van der Waals surface area (Å²) < 4.78 is 0. The van der Waals surface area contributed by atoms with Gasteiger partial charge in [0, 0.05) is 26.0 Å². The van der Waals surface area contributed by atoms with Crippen molar-refractivity contribution < 1.29 is 4.79 Å². The van der Waals surface area contributed by atoms with Gasteiger partial charge in [-0.1, -0.05) is 19.1 Å². The summed E-state index contributed by atoms with van der Waals surface area (Å²) in [4.78, 5) is 21.7. The standard InChI is InChI=1S/C11H17N5OS/c1-3-4-13-8(17)7-16(2)11-9(10(12)18)14-5-6-15-11/h5-6H,3-4,7H2,1-2H3,(H2,12,18)(H,13,17). The molecule has 1 amide bonds. The molecule has 18 heavy (non-hydrogen) atoms. The first-order valence-electron chi connectivity index (χ1n) is 5.65. The van der Waals surface area contributed by atoms with Gasteiger partial charge in [0.2, 0.25) is 5.91 Å². The molecular formula is C11H17N5OS. The molecule has 1 aromatic rings. The monoisotopic (exact) mass is 267 g/mol. The number of nitrogens with one attached hydrogen (secondary N) is 1. The van der Waals surface area contributed by atoms with Crippen molar-refractivity contribution >= 4 is 28.9 Å². The number of thiocarbonyl (C=S) groups is 1. The normalized spacial score (nSPS) is 9.89. The lowest BCUT2D eigenvalue weighted by atomic mass is 10.3. The quantitative estimate of drug-likeness (QED) is 0.710. The van der Waals surface area contributed by atoms with Crippen LogP contribution in [0.25, 0.3) is 0 Å². The van der Waals surface area contributed by atoms with Crippen LogP contribution in [0.15, 0.2) is 12.4 Å². The van der Waals surface area contributed by atoms with E-state index in [1.54, 1.807) is 11.9 Å². The van der Waals surface area contributed by atoms with Crippen molar-refractivity contribution in [2.45, 2.75) is 13.3 Å². The molecule has 7 heteroatoms. The largest absolute Gasteiger partial charge is 0.388 e. The van der Waals surface area contributed by atoms with Gasteiger partial charge in [-0.3, -0.25) is 4.79 Å². The van der Waals surface area contributed by atoms with E-state index in [-0.39, 0.29) is 17.4 Å². The van der Waals surface area contributed by atoms with Gasteiger partial charge < -0.3 is 16.0 Å². The average molecular weight is 267 g/mol. The number of carbonyl (C=O) groups is 1. The second-order valence-corrected chi connectivity index (χ2v) is 4.24. The molecule has 1 aromatic heterocycles. The number of rotatable bonds is 6. The summed E-state index contributed by atoms with van der Waals surface area (Å²) in [6.45, 7) is 2.85. The Labute approximate surface area is 112 Å². The predicted molar refractivity (Wildman–Crippen MR) is 74.5 cm³/mol. The van der Waals surface area contributed by atoms with E-state index < -0.39 is 0 Å². The fourth-order valence-corrected chi connectivity index (χ4v) is 1.54. The first-order chi connectivity index (χ1) is 8.56. The molecule has 0 saturated carbocycles. The van der Waals surface area contributed by atoms with Gasteiger partial charge in [-0.15, -0.1) is 0 Å². The molecule has 0 bridgehead atoms. The van der Waals surface area contributed by atoms with Crippen LogP contribution in [-0.2, 0) is 4.79 Å². The summed E-state index contributed by atoms with van der Waals surface area (Å²) in [5, 5.41) is 2.79. The second kappa shape index (κ2) is 6.85. The molecule has 1 heterocycles. The lowest BCUT2D eigenvalue weighted by Gasteiger charge is -2.19. The maximum Gasteiger partial charge on any atom is 0.239 e. The first-order valence-corrected chi connectivity index (χ1v) is 6.05. The number of carbonyl (C=O) groups excluding carboxylic acids is 1. The zero-order valence-corrected chi connectivity index (χ0v) is 11.3. The number of hydrogen-bond acceptors (Lipinski definition) is 5. The Morgan fingerprint density at radius 2 is 2.17 bits per heavy atom. The van der Waals surface area contributed by atoms with Crippen LogP contribution in [0.2, 0.25) is 0 Å². The Morgan fingerprint density at radius 3 is 2.78 bits per heavy atom. The molecule has 0 aliphatic heterocycles. The fourth-order valence-electron chi connectivity index (χ4n) is 1.39. The van der Waals surface area contributed by atoms with Gasteiger partial charge in [0.25, 0.3) is 0 Å². The van der Waals surface area contributed by atoms with Gasteiger partial charge >= 0.3 is 0 Å². The van der Waals surface area contributed by atoms with Gasteiger partial charge in [0.15, 0.2) is 5.82 Å². The molecule has 0 atom stereocenters. The van der Waals surface area contributed by atoms with E-state index in [4.69, 9.17) is 18.0 Å². The number of amides is 1. The van der Waals surface area contributed by atoms with E-state index in [0.29, 0.717) is 18.1 Å². The average Bonchev–Trinajstić information content (AvgIpc) is 2.36. The van der Waals surface area contributed by atoms with Crippen molar-refractivity contribution in [1.82, 2.24) is 15.3 Å². The summed E-state index contributed by atoms with van der Waals surface area (Å²) in [6.07, 6.45) is 3.96. The molecule has 1 rings (SSSR count). The summed E-state index contributed by atoms with van der Waals surface area (Å²) >= 11 is 4.90. The molecule has 0 spiro atoms. The van der Waals surface area contributed by atoms with E-state index in [2.05, 4.69) is 15.3 Å². The Kier molecular flexibility index (Phi) is 5.44. The molecule has 98 valence electrons. The third kappa shape index (κ3) is 3.92. The smallest absolute Gasteiger partial charge is 0.239 e. The highest BCUT2D eigenvalue weighted by Gasteiger charge is 2.14. The number of nitrogens with zero attached hydrogens (tertiary/aromatic N) is 3. The van der Waals surface area contributed by atoms with Gasteiger partial charge in [-0.05, 0) is 6.42 Å². The molecule has 0 saturated heterocycles. The predicted octanol–water partition coefficient (Wildman–Crippen LogP) is 0.0732. The second-order valence-electron chi connectivity index (χ2n) is 3.80. The van der Waals surface area contributed by atoms with Crippen molar-refractivity contribution in [3.63, 3.8) is 0 Å². The zero-order chi connectivity index (χ0) is 13.5. The van der Waals surface area contributed by atoms with Crippen molar-refractivity contribution in [2.24, 2.45) is 5.73 Å². The minimum absolute atomic E-state index is 0.0705. The van der Waals surface area contributed by atoms with Gasteiger partial charge in [-0.2, -0.15) is 0 Å². The molecule has 0 fully saturated rings.